The number of rotatable bonds is 5. The van der Waals surface area contributed by atoms with Crippen LogP contribution < -0.4 is 0 Å². The smallest absolute Gasteiger partial charge is 0.140 e. The summed E-state index contributed by atoms with van der Waals surface area (Å²) in [7, 11) is 3.96. The molecule has 114 valence electrons. The number of pyridine rings is 1. The van der Waals surface area contributed by atoms with E-state index >= 15 is 0 Å². The van der Waals surface area contributed by atoms with Crippen LogP contribution in [0.5, 0.6) is 0 Å². The monoisotopic (exact) mass is 392 g/mol. The molecule has 0 fully saturated rings. The number of hydrogen-bond donors (Lipinski definition) is 1. The van der Waals surface area contributed by atoms with E-state index in [9.17, 15) is 5.11 Å². The molecule has 0 aliphatic heterocycles. The molecule has 1 unspecified atom stereocenters. The molecule has 0 radical (unpaired) electrons. The zero-order valence-electron chi connectivity index (χ0n) is 11.6. The normalized spacial score (nSPS) is 12.9. The minimum atomic E-state index is -0.978. The predicted molar refractivity (Wildman–Crippen MR) is 86.8 cm³/mol. The van der Waals surface area contributed by atoms with Crippen molar-refractivity contribution in [2.75, 3.05) is 20.6 Å². The maximum Gasteiger partial charge on any atom is 0.140 e. The van der Waals surface area contributed by atoms with Gasteiger partial charge in [0.15, 0.2) is 0 Å². The zero-order chi connectivity index (χ0) is 15.6. The fourth-order valence-electron chi connectivity index (χ4n) is 1.87. The Morgan fingerprint density at radius 1 is 1.38 bits per heavy atom. The molecule has 0 amide bonds. The van der Waals surface area contributed by atoms with Gasteiger partial charge in [-0.1, -0.05) is 23.2 Å². The Hall–Kier alpha value is -0.660. The summed E-state index contributed by atoms with van der Waals surface area (Å²) in [4.78, 5) is 6.17. The summed E-state index contributed by atoms with van der Waals surface area (Å²) in [5.74, 6) is 0. The number of hydrogen-bond acceptors (Lipinski definition) is 4. The summed E-state index contributed by atoms with van der Waals surface area (Å²) in [6.07, 6.45) is 2.13. The Morgan fingerprint density at radius 2 is 2.10 bits per heavy atom. The van der Waals surface area contributed by atoms with E-state index in [-0.39, 0.29) is 0 Å². The molecule has 2 aromatic heterocycles. The highest BCUT2D eigenvalue weighted by molar-refractivity contribution is 9.10. The molecule has 0 spiro atoms. The van der Waals surface area contributed by atoms with Crippen LogP contribution in [0, 0.1) is 0 Å². The van der Waals surface area contributed by atoms with Gasteiger partial charge in [0.05, 0.1) is 38.6 Å². The van der Waals surface area contributed by atoms with Crippen molar-refractivity contribution in [3.8, 4) is 0 Å². The Bertz CT molecular complexity index is 633. The lowest BCUT2D eigenvalue weighted by atomic mass is 10.1. The van der Waals surface area contributed by atoms with Crippen molar-refractivity contribution in [1.29, 1.82) is 0 Å². The van der Waals surface area contributed by atoms with Crippen LogP contribution in [0.3, 0.4) is 0 Å². The SMILES string of the molecule is CN(C)CCn1ncc(Br)c1C(O)c1ncc(Cl)cc1Cl. The predicted octanol–water partition coefficient (Wildman–Crippen LogP) is 2.99. The van der Waals surface area contributed by atoms with Crippen LogP contribution in [0.4, 0.5) is 0 Å². The van der Waals surface area contributed by atoms with Crippen LogP contribution in [0.2, 0.25) is 10.0 Å². The standard InChI is InChI=1S/C13H15BrCl2N4O/c1-19(2)3-4-20-12(9(14)7-18-20)13(21)11-10(16)5-8(15)6-17-11/h5-7,13,21H,3-4H2,1-2H3. The number of nitrogens with zero attached hydrogens (tertiary/aromatic N) is 4. The second-order valence-electron chi connectivity index (χ2n) is 4.83. The quantitative estimate of drug-likeness (QED) is 0.848. The molecule has 2 rings (SSSR count). The largest absolute Gasteiger partial charge is 0.380 e. The van der Waals surface area contributed by atoms with E-state index in [1.54, 1.807) is 16.9 Å². The summed E-state index contributed by atoms with van der Waals surface area (Å²) >= 11 is 15.4. The molecule has 2 heterocycles. The first kappa shape index (κ1) is 16.7. The topological polar surface area (TPSA) is 54.2 Å². The first-order valence-electron chi connectivity index (χ1n) is 6.25. The van der Waals surface area contributed by atoms with Gasteiger partial charge in [-0.3, -0.25) is 9.67 Å². The summed E-state index contributed by atoms with van der Waals surface area (Å²) in [5, 5.41) is 15.6. The second kappa shape index (κ2) is 7.07. The van der Waals surface area contributed by atoms with Gasteiger partial charge in [-0.05, 0) is 36.1 Å². The van der Waals surface area contributed by atoms with Crippen LogP contribution in [0.25, 0.3) is 0 Å². The zero-order valence-corrected chi connectivity index (χ0v) is 14.7. The Balaban J connectivity index is 2.34. The van der Waals surface area contributed by atoms with Crippen LogP contribution in [0.15, 0.2) is 22.9 Å². The lowest BCUT2D eigenvalue weighted by molar-refractivity contribution is 0.200. The van der Waals surface area contributed by atoms with Gasteiger partial charge in [0.25, 0.3) is 0 Å². The molecule has 0 aliphatic carbocycles. The van der Waals surface area contributed by atoms with E-state index in [1.807, 2.05) is 19.0 Å². The van der Waals surface area contributed by atoms with Crippen molar-refractivity contribution < 1.29 is 5.11 Å². The lowest BCUT2D eigenvalue weighted by Gasteiger charge is -2.16. The van der Waals surface area contributed by atoms with Crippen molar-refractivity contribution in [2.45, 2.75) is 12.6 Å². The Kier molecular flexibility index (Phi) is 5.62. The van der Waals surface area contributed by atoms with Gasteiger partial charge in [-0.25, -0.2) is 0 Å². The van der Waals surface area contributed by atoms with Gasteiger partial charge >= 0.3 is 0 Å². The van der Waals surface area contributed by atoms with E-state index in [1.165, 1.54) is 6.20 Å². The van der Waals surface area contributed by atoms with E-state index < -0.39 is 6.10 Å². The van der Waals surface area contributed by atoms with Crippen LogP contribution in [-0.2, 0) is 6.54 Å². The molecule has 0 bridgehead atoms. The maximum atomic E-state index is 10.6. The van der Waals surface area contributed by atoms with Crippen molar-refractivity contribution in [3.05, 3.63) is 44.4 Å². The summed E-state index contributed by atoms with van der Waals surface area (Å²) in [6, 6.07) is 1.56. The molecular weight excluding hydrogens is 379 g/mol. The Labute approximate surface area is 141 Å². The number of aromatic nitrogens is 3. The first-order chi connectivity index (χ1) is 9.90. The number of likely N-dealkylation sites (N-methyl/N-ethyl adjacent to an activating group) is 1. The molecule has 5 nitrogen and oxygen atoms in total. The highest BCUT2D eigenvalue weighted by atomic mass is 79.9. The highest BCUT2D eigenvalue weighted by Crippen LogP contribution is 2.32. The van der Waals surface area contributed by atoms with Crippen LogP contribution in [-0.4, -0.2) is 45.4 Å². The number of aliphatic hydroxyl groups is 1. The van der Waals surface area contributed by atoms with Gasteiger partial charge in [0.1, 0.15) is 6.10 Å². The average Bonchev–Trinajstić information content (AvgIpc) is 2.77. The van der Waals surface area contributed by atoms with Gasteiger partial charge in [-0.2, -0.15) is 5.10 Å². The van der Waals surface area contributed by atoms with Crippen molar-refractivity contribution >= 4 is 39.1 Å². The van der Waals surface area contributed by atoms with Crippen molar-refractivity contribution in [1.82, 2.24) is 19.7 Å². The summed E-state index contributed by atoms with van der Waals surface area (Å²) < 4.78 is 2.45. The fourth-order valence-corrected chi connectivity index (χ4v) is 2.87. The van der Waals surface area contributed by atoms with E-state index in [4.69, 9.17) is 23.2 Å². The van der Waals surface area contributed by atoms with E-state index in [0.29, 0.717) is 32.5 Å². The van der Waals surface area contributed by atoms with E-state index in [0.717, 1.165) is 6.54 Å². The second-order valence-corrected chi connectivity index (χ2v) is 6.53. The molecular formula is C13H15BrCl2N4O. The fraction of sp³-hybridized carbons (Fsp3) is 0.385. The third kappa shape index (κ3) is 3.96. The molecule has 0 aliphatic rings. The van der Waals surface area contributed by atoms with Crippen LogP contribution >= 0.6 is 39.1 Å². The number of halogens is 3. The van der Waals surface area contributed by atoms with Crippen LogP contribution in [0.1, 0.15) is 17.5 Å². The molecule has 8 heteroatoms. The van der Waals surface area contributed by atoms with Crippen molar-refractivity contribution in [2.24, 2.45) is 0 Å². The molecule has 0 saturated heterocycles. The van der Waals surface area contributed by atoms with E-state index in [2.05, 4.69) is 26.0 Å². The number of aliphatic hydroxyl groups excluding tert-OH is 1. The lowest BCUT2D eigenvalue weighted by Crippen LogP contribution is -2.21. The molecule has 21 heavy (non-hydrogen) atoms. The first-order valence-corrected chi connectivity index (χ1v) is 7.80. The van der Waals surface area contributed by atoms with Gasteiger partial charge in [0, 0.05) is 12.7 Å². The average molecular weight is 394 g/mol. The molecule has 0 aromatic carbocycles. The minimum absolute atomic E-state index is 0.322. The Morgan fingerprint density at radius 3 is 2.71 bits per heavy atom. The van der Waals surface area contributed by atoms with Gasteiger partial charge in [0.2, 0.25) is 0 Å². The van der Waals surface area contributed by atoms with Gasteiger partial charge in [-0.15, -0.1) is 0 Å². The third-order valence-electron chi connectivity index (χ3n) is 2.95. The maximum absolute atomic E-state index is 10.6. The third-order valence-corrected chi connectivity index (χ3v) is 4.07. The molecule has 0 saturated carbocycles. The molecule has 2 aromatic rings. The summed E-state index contributed by atoms with van der Waals surface area (Å²) in [6.45, 7) is 1.45. The molecule has 1 atom stereocenters. The summed E-state index contributed by atoms with van der Waals surface area (Å²) in [5.41, 5.74) is 0.974. The minimum Gasteiger partial charge on any atom is -0.380 e. The van der Waals surface area contributed by atoms with Gasteiger partial charge < -0.3 is 10.0 Å². The molecule has 1 N–H and O–H groups in total. The van der Waals surface area contributed by atoms with Crippen molar-refractivity contribution in [3.63, 3.8) is 0 Å². The highest BCUT2D eigenvalue weighted by Gasteiger charge is 2.23.